The van der Waals surface area contributed by atoms with E-state index in [1.54, 1.807) is 12.3 Å². The van der Waals surface area contributed by atoms with Crippen molar-refractivity contribution in [3.05, 3.63) is 24.0 Å². The van der Waals surface area contributed by atoms with Crippen LogP contribution in [0.3, 0.4) is 0 Å². The Kier molecular flexibility index (Phi) is 2.13. The molecule has 0 atom stereocenters. The van der Waals surface area contributed by atoms with Crippen LogP contribution in [-0.2, 0) is 0 Å². The lowest BCUT2D eigenvalue weighted by Crippen LogP contribution is -2.00. The summed E-state index contributed by atoms with van der Waals surface area (Å²) in [6.45, 7) is 0.735. The van der Waals surface area contributed by atoms with Gasteiger partial charge in [-0.1, -0.05) is 0 Å². The number of pyridine rings is 1. The second-order valence-electron chi connectivity index (χ2n) is 3.24. The molecule has 1 aliphatic rings. The Bertz CT molecular complexity index is 339. The van der Waals surface area contributed by atoms with Gasteiger partial charge < -0.3 is 4.74 Å². The van der Waals surface area contributed by atoms with Crippen LogP contribution in [0.5, 0.6) is 5.75 Å². The molecule has 1 heterocycles. The van der Waals surface area contributed by atoms with Gasteiger partial charge in [0.25, 0.3) is 0 Å². The summed E-state index contributed by atoms with van der Waals surface area (Å²) in [7, 11) is 0. The van der Waals surface area contributed by atoms with Crippen molar-refractivity contribution < 1.29 is 4.74 Å². The topological polar surface area (TPSA) is 45.9 Å². The third-order valence-electron chi connectivity index (χ3n) is 2.07. The van der Waals surface area contributed by atoms with E-state index in [1.807, 2.05) is 0 Å². The first kappa shape index (κ1) is 8.06. The molecular formula is C10H10N2O. The van der Waals surface area contributed by atoms with E-state index >= 15 is 0 Å². The molecule has 0 N–H and O–H groups in total. The maximum absolute atomic E-state index is 8.73. The highest BCUT2D eigenvalue weighted by atomic mass is 16.5. The van der Waals surface area contributed by atoms with E-state index < -0.39 is 0 Å². The molecule has 3 heteroatoms. The van der Waals surface area contributed by atoms with E-state index in [2.05, 4.69) is 11.1 Å². The van der Waals surface area contributed by atoms with Gasteiger partial charge in [0, 0.05) is 12.4 Å². The highest BCUT2D eigenvalue weighted by Crippen LogP contribution is 2.29. The van der Waals surface area contributed by atoms with E-state index in [9.17, 15) is 0 Å². The van der Waals surface area contributed by atoms with E-state index in [1.165, 1.54) is 19.0 Å². The van der Waals surface area contributed by atoms with Gasteiger partial charge in [-0.2, -0.15) is 5.26 Å². The average Bonchev–Trinajstić information content (AvgIpc) is 2.99. The number of hydrogen-bond donors (Lipinski definition) is 0. The molecule has 0 unspecified atom stereocenters. The second-order valence-corrected chi connectivity index (χ2v) is 3.24. The number of rotatable bonds is 3. The molecule has 1 aromatic heterocycles. The average molecular weight is 174 g/mol. The number of ether oxygens (including phenoxy) is 1. The third kappa shape index (κ3) is 1.97. The van der Waals surface area contributed by atoms with Gasteiger partial charge >= 0.3 is 0 Å². The van der Waals surface area contributed by atoms with Crippen molar-refractivity contribution in [3.63, 3.8) is 0 Å². The zero-order chi connectivity index (χ0) is 9.10. The van der Waals surface area contributed by atoms with Crippen molar-refractivity contribution in [2.24, 2.45) is 5.92 Å². The van der Waals surface area contributed by atoms with Crippen LogP contribution in [0.15, 0.2) is 18.5 Å². The standard InChI is InChI=1S/C10H10N2O/c11-5-9-6-12-4-3-10(9)13-7-8-1-2-8/h3-4,6,8H,1-2,7H2. The van der Waals surface area contributed by atoms with E-state index in [0.29, 0.717) is 17.2 Å². The van der Waals surface area contributed by atoms with E-state index in [-0.39, 0.29) is 0 Å². The zero-order valence-corrected chi connectivity index (χ0v) is 7.23. The maximum atomic E-state index is 8.73. The summed E-state index contributed by atoms with van der Waals surface area (Å²) in [5.41, 5.74) is 0.517. The normalized spacial score (nSPS) is 15.0. The fourth-order valence-corrected chi connectivity index (χ4v) is 1.08. The Balaban J connectivity index is 2.05. The molecule has 0 spiro atoms. The Hall–Kier alpha value is -1.56. The van der Waals surface area contributed by atoms with Crippen LogP contribution >= 0.6 is 0 Å². The predicted molar refractivity (Wildman–Crippen MR) is 47.2 cm³/mol. The van der Waals surface area contributed by atoms with Gasteiger partial charge in [0.2, 0.25) is 0 Å². The van der Waals surface area contributed by atoms with Crippen LogP contribution in [0, 0.1) is 17.2 Å². The van der Waals surface area contributed by atoms with E-state index in [4.69, 9.17) is 10.00 Å². The largest absolute Gasteiger partial charge is 0.492 e. The summed E-state index contributed by atoms with van der Waals surface area (Å²) in [4.78, 5) is 3.86. The number of nitriles is 1. The van der Waals surface area contributed by atoms with Gasteiger partial charge in [0.05, 0.1) is 6.61 Å². The lowest BCUT2D eigenvalue weighted by Gasteiger charge is -2.05. The van der Waals surface area contributed by atoms with Gasteiger partial charge in [0.15, 0.2) is 0 Å². The van der Waals surface area contributed by atoms with Gasteiger partial charge in [-0.3, -0.25) is 4.98 Å². The lowest BCUT2D eigenvalue weighted by atomic mass is 10.3. The van der Waals surface area contributed by atoms with Gasteiger partial charge in [0.1, 0.15) is 17.4 Å². The molecule has 0 saturated heterocycles. The van der Waals surface area contributed by atoms with Gasteiger partial charge in [-0.05, 0) is 24.8 Å². The smallest absolute Gasteiger partial charge is 0.140 e. The highest BCUT2D eigenvalue weighted by molar-refractivity contribution is 5.40. The molecule has 13 heavy (non-hydrogen) atoms. The maximum Gasteiger partial charge on any atom is 0.140 e. The summed E-state index contributed by atoms with van der Waals surface area (Å²) in [6.07, 6.45) is 5.69. The number of aromatic nitrogens is 1. The molecule has 2 rings (SSSR count). The van der Waals surface area contributed by atoms with Crippen molar-refractivity contribution in [2.75, 3.05) is 6.61 Å². The molecule has 1 aromatic rings. The minimum absolute atomic E-state index is 0.517. The van der Waals surface area contributed by atoms with Crippen molar-refractivity contribution in [1.82, 2.24) is 4.98 Å². The van der Waals surface area contributed by atoms with Crippen molar-refractivity contribution in [2.45, 2.75) is 12.8 Å². The van der Waals surface area contributed by atoms with E-state index in [0.717, 1.165) is 6.61 Å². The molecule has 3 nitrogen and oxygen atoms in total. The summed E-state index contributed by atoms with van der Waals surface area (Å²) >= 11 is 0. The zero-order valence-electron chi connectivity index (χ0n) is 7.23. The van der Waals surface area contributed by atoms with Crippen LogP contribution in [0.25, 0.3) is 0 Å². The summed E-state index contributed by atoms with van der Waals surface area (Å²) in [5.74, 6) is 1.36. The second kappa shape index (κ2) is 3.44. The van der Waals surface area contributed by atoms with Crippen LogP contribution < -0.4 is 4.74 Å². The minimum atomic E-state index is 0.517. The molecular weight excluding hydrogens is 164 g/mol. The molecule has 0 bridgehead atoms. The molecule has 1 aliphatic carbocycles. The fourth-order valence-electron chi connectivity index (χ4n) is 1.08. The molecule has 66 valence electrons. The fraction of sp³-hybridized carbons (Fsp3) is 0.400. The molecule has 0 aliphatic heterocycles. The monoisotopic (exact) mass is 174 g/mol. The molecule has 0 aromatic carbocycles. The minimum Gasteiger partial charge on any atom is -0.492 e. The summed E-state index contributed by atoms with van der Waals surface area (Å²) in [5, 5.41) is 8.73. The number of nitrogens with zero attached hydrogens (tertiary/aromatic N) is 2. The Morgan fingerprint density at radius 3 is 3.15 bits per heavy atom. The number of hydrogen-bond acceptors (Lipinski definition) is 3. The summed E-state index contributed by atoms with van der Waals surface area (Å²) < 4.78 is 5.49. The van der Waals surface area contributed by atoms with Gasteiger partial charge in [-0.25, -0.2) is 0 Å². The third-order valence-corrected chi connectivity index (χ3v) is 2.07. The SMILES string of the molecule is N#Cc1cnccc1OCC1CC1. The molecule has 1 saturated carbocycles. The van der Waals surface area contributed by atoms with Crippen LogP contribution in [0.2, 0.25) is 0 Å². The van der Waals surface area contributed by atoms with Crippen LogP contribution in [0.1, 0.15) is 18.4 Å². The Morgan fingerprint density at radius 2 is 2.46 bits per heavy atom. The first-order valence-corrected chi connectivity index (χ1v) is 4.37. The Labute approximate surface area is 77.0 Å². The Morgan fingerprint density at radius 1 is 1.62 bits per heavy atom. The van der Waals surface area contributed by atoms with Crippen molar-refractivity contribution in [1.29, 1.82) is 5.26 Å². The van der Waals surface area contributed by atoms with Crippen molar-refractivity contribution >= 4 is 0 Å². The van der Waals surface area contributed by atoms with Gasteiger partial charge in [-0.15, -0.1) is 0 Å². The van der Waals surface area contributed by atoms with Crippen molar-refractivity contribution in [3.8, 4) is 11.8 Å². The highest BCUT2D eigenvalue weighted by Gasteiger charge is 2.22. The first-order chi connectivity index (χ1) is 6.40. The molecule has 1 fully saturated rings. The lowest BCUT2D eigenvalue weighted by molar-refractivity contribution is 0.298. The quantitative estimate of drug-likeness (QED) is 0.701. The molecule has 0 radical (unpaired) electrons. The van der Waals surface area contributed by atoms with Crippen LogP contribution in [-0.4, -0.2) is 11.6 Å². The predicted octanol–water partition coefficient (Wildman–Crippen LogP) is 1.74. The van der Waals surface area contributed by atoms with Crippen LogP contribution in [0.4, 0.5) is 0 Å². The first-order valence-electron chi connectivity index (χ1n) is 4.37. The summed E-state index contributed by atoms with van der Waals surface area (Å²) in [6, 6.07) is 3.79. The molecule has 0 amide bonds.